The average molecular weight is 970 g/mol. The SMILES string of the molecule is O=C(O)[I-]C1[C@@H](c2ccccc2)C(C(=O)Oc2cc(-c3ccc([C@@H]4[C@@H](C(=O)O)[C@@H](c5ccccc5)[C@@H]4C(=O)Oc4ccc5ccccc5c4)cc3)cc3ccccc23)[C@@H]1c1ccccc1. The van der Waals surface area contributed by atoms with Crippen molar-refractivity contribution in [2.45, 2.75) is 27.6 Å². The zero-order valence-corrected chi connectivity index (χ0v) is 37.0. The Morgan fingerprint density at radius 1 is 0.415 bits per heavy atom. The van der Waals surface area contributed by atoms with Crippen molar-refractivity contribution in [3.8, 4) is 22.6 Å². The number of rotatable bonds is 12. The van der Waals surface area contributed by atoms with Gasteiger partial charge in [-0.25, -0.2) is 0 Å². The summed E-state index contributed by atoms with van der Waals surface area (Å²) in [6, 6.07) is 61.1. The number of alkyl halides is 1. The van der Waals surface area contributed by atoms with Gasteiger partial charge in [0.2, 0.25) is 0 Å². The number of halogens is 1. The Kier molecular flexibility index (Phi) is 11.5. The molecular weight excluding hydrogens is 928 g/mol. The number of fused-ring (bicyclic) bond motifs is 2. The van der Waals surface area contributed by atoms with Gasteiger partial charge in [-0.3, -0.25) is 9.59 Å². The maximum atomic E-state index is 14.7. The third-order valence-corrected chi connectivity index (χ3v) is 16.0. The molecule has 9 heteroatoms. The Balaban J connectivity index is 0.974. The number of ether oxygens (including phenoxy) is 2. The van der Waals surface area contributed by atoms with E-state index >= 15 is 0 Å². The van der Waals surface area contributed by atoms with E-state index in [-0.39, 0.29) is 15.8 Å². The molecule has 6 atom stereocenters. The van der Waals surface area contributed by atoms with Crippen LogP contribution < -0.4 is 30.7 Å². The Hall–Kier alpha value is -7.11. The molecular formula is C56H42IO8-. The van der Waals surface area contributed by atoms with Gasteiger partial charge in [-0.2, -0.15) is 0 Å². The Morgan fingerprint density at radius 3 is 1.49 bits per heavy atom. The topological polar surface area (TPSA) is 127 Å². The van der Waals surface area contributed by atoms with Gasteiger partial charge in [-0.1, -0.05) is 60.7 Å². The van der Waals surface area contributed by atoms with E-state index in [9.17, 15) is 29.4 Å². The fourth-order valence-corrected chi connectivity index (χ4v) is 13.4. The molecule has 10 rings (SSSR count). The first-order chi connectivity index (χ1) is 31.7. The fourth-order valence-electron chi connectivity index (χ4n) is 10.2. The van der Waals surface area contributed by atoms with Crippen LogP contribution in [0.1, 0.15) is 45.9 Å². The first-order valence-electron chi connectivity index (χ1n) is 21.5. The third kappa shape index (κ3) is 8.05. The van der Waals surface area contributed by atoms with Crippen LogP contribution in [-0.2, 0) is 14.4 Å². The van der Waals surface area contributed by atoms with Gasteiger partial charge in [0.1, 0.15) is 5.75 Å². The summed E-state index contributed by atoms with van der Waals surface area (Å²) in [5, 5.41) is 24.3. The predicted molar refractivity (Wildman–Crippen MR) is 245 cm³/mol. The summed E-state index contributed by atoms with van der Waals surface area (Å²) in [5.41, 5.74) is 4.88. The van der Waals surface area contributed by atoms with Gasteiger partial charge in [-0.05, 0) is 28.5 Å². The number of carbonyl (C=O) groups excluding carboxylic acids is 2. The van der Waals surface area contributed by atoms with Crippen LogP contribution in [0.15, 0.2) is 194 Å². The number of benzene rings is 8. The van der Waals surface area contributed by atoms with Crippen molar-refractivity contribution in [3.05, 3.63) is 216 Å². The molecule has 0 heterocycles. The normalized spacial score (nSPS) is 22.3. The van der Waals surface area contributed by atoms with E-state index < -0.39 is 72.7 Å². The predicted octanol–water partition coefficient (Wildman–Crippen LogP) is 8.70. The van der Waals surface area contributed by atoms with Crippen molar-refractivity contribution in [3.63, 3.8) is 0 Å². The number of aliphatic carboxylic acids is 1. The zero-order valence-electron chi connectivity index (χ0n) is 34.8. The summed E-state index contributed by atoms with van der Waals surface area (Å²) in [4.78, 5) is 54.3. The summed E-state index contributed by atoms with van der Waals surface area (Å²) in [6.45, 7) is 0. The average Bonchev–Trinajstić information content (AvgIpc) is 3.31. The number of carboxylic acids is 1. The van der Waals surface area contributed by atoms with Crippen molar-refractivity contribution >= 4 is 43.4 Å². The van der Waals surface area contributed by atoms with Crippen LogP contribution in [0.25, 0.3) is 32.7 Å². The van der Waals surface area contributed by atoms with Crippen LogP contribution in [0, 0.1) is 17.8 Å². The second-order valence-corrected chi connectivity index (χ2v) is 19.7. The van der Waals surface area contributed by atoms with Gasteiger partial charge in [0.15, 0.2) is 0 Å². The van der Waals surface area contributed by atoms with Gasteiger partial charge in [-0.15, -0.1) is 0 Å². The molecule has 0 spiro atoms. The molecule has 65 heavy (non-hydrogen) atoms. The molecule has 2 saturated carbocycles. The van der Waals surface area contributed by atoms with Crippen LogP contribution in [0.4, 0.5) is 4.79 Å². The molecule has 8 nitrogen and oxygen atoms in total. The Morgan fingerprint density at radius 2 is 0.908 bits per heavy atom. The van der Waals surface area contributed by atoms with E-state index in [1.54, 1.807) is 6.07 Å². The monoisotopic (exact) mass is 969 g/mol. The molecule has 2 N–H and O–H groups in total. The summed E-state index contributed by atoms with van der Waals surface area (Å²) >= 11 is -1.32. The van der Waals surface area contributed by atoms with Gasteiger partial charge >= 0.3 is 250 Å². The van der Waals surface area contributed by atoms with Gasteiger partial charge in [0.05, 0.1) is 11.8 Å². The summed E-state index contributed by atoms with van der Waals surface area (Å²) in [5.74, 6) is -5.32. The fraction of sp³-hybridized carbons (Fsp3) is 0.143. The first kappa shape index (κ1) is 41.9. The van der Waals surface area contributed by atoms with Crippen molar-refractivity contribution in [2.75, 3.05) is 0 Å². The molecule has 2 aliphatic carbocycles. The zero-order chi connectivity index (χ0) is 44.6. The molecule has 0 unspecified atom stereocenters. The van der Waals surface area contributed by atoms with Crippen LogP contribution in [0.2, 0.25) is 0 Å². The molecule has 322 valence electrons. The minimum absolute atomic E-state index is 0.213. The van der Waals surface area contributed by atoms with Crippen LogP contribution in [-0.4, -0.2) is 36.0 Å². The second-order valence-electron chi connectivity index (χ2n) is 16.7. The first-order valence-corrected chi connectivity index (χ1v) is 23.9. The van der Waals surface area contributed by atoms with E-state index in [2.05, 4.69) is 0 Å². The number of carbonyl (C=O) groups is 4. The van der Waals surface area contributed by atoms with Crippen LogP contribution >= 0.6 is 0 Å². The Labute approximate surface area is 385 Å². The minimum atomic E-state index is -1.32. The van der Waals surface area contributed by atoms with Crippen LogP contribution in [0.3, 0.4) is 0 Å². The van der Waals surface area contributed by atoms with Gasteiger partial charge in [0.25, 0.3) is 0 Å². The molecule has 0 aliphatic heterocycles. The van der Waals surface area contributed by atoms with E-state index in [1.165, 1.54) is 0 Å². The maximum absolute atomic E-state index is 14.7. The molecule has 2 fully saturated rings. The molecule has 2 aliphatic rings. The summed E-state index contributed by atoms with van der Waals surface area (Å²) in [7, 11) is 0. The van der Waals surface area contributed by atoms with Crippen molar-refractivity contribution in [1.82, 2.24) is 0 Å². The number of esters is 2. The van der Waals surface area contributed by atoms with Crippen molar-refractivity contribution in [1.29, 1.82) is 0 Å². The number of carboxylic acid groups (broad SMARTS) is 2. The number of hydrogen-bond acceptors (Lipinski definition) is 6. The van der Waals surface area contributed by atoms with E-state index in [1.807, 2.05) is 188 Å². The number of hydrogen-bond donors (Lipinski definition) is 2. The van der Waals surface area contributed by atoms with Crippen molar-refractivity contribution < 1.29 is 60.1 Å². The standard InChI is InChI=1S/C56H42IO8/c58-53(59)49-45(35-15-4-1-5-16-35)50(54(60)64-42-29-28-33-14-10-11-21-39(33)31-42)46(49)38-26-24-34(25-27-38)41-30-40-22-12-13-23-43(40)44(32-41)65-55(61)51-47(36-17-6-2-7-18-36)52(57-56(62)63)48(51)37-19-8-3-9-20-37/h1-32,45-52H,(H,58,59)(H,62,63)/q-1/t45-,46-,47+,48+,49+,50+,51?,52?/m1/s1. The van der Waals surface area contributed by atoms with E-state index in [0.29, 0.717) is 17.1 Å². The van der Waals surface area contributed by atoms with E-state index in [0.717, 1.165) is 49.4 Å². The molecule has 0 saturated heterocycles. The van der Waals surface area contributed by atoms with E-state index in [4.69, 9.17) is 9.47 Å². The molecule has 0 radical (unpaired) electrons. The molecule has 8 aromatic rings. The van der Waals surface area contributed by atoms with Crippen molar-refractivity contribution in [2.24, 2.45) is 17.8 Å². The van der Waals surface area contributed by atoms with Crippen LogP contribution in [0.5, 0.6) is 11.5 Å². The second kappa shape index (κ2) is 17.8. The van der Waals surface area contributed by atoms with Gasteiger partial charge < -0.3 is 9.84 Å². The molecule has 0 amide bonds. The molecule has 0 aromatic heterocycles. The Bertz CT molecular complexity index is 3020. The third-order valence-electron chi connectivity index (χ3n) is 13.2. The molecule has 8 aromatic carbocycles. The molecule has 0 bridgehead atoms. The van der Waals surface area contributed by atoms with Gasteiger partial charge in [0, 0.05) is 11.8 Å². The quantitative estimate of drug-likeness (QED) is 0.0410. The summed E-state index contributed by atoms with van der Waals surface area (Å²) < 4.78 is 11.5. The summed E-state index contributed by atoms with van der Waals surface area (Å²) in [6.07, 6.45) is 0.